The summed E-state index contributed by atoms with van der Waals surface area (Å²) in [4.78, 5) is 11.5. The fourth-order valence-corrected chi connectivity index (χ4v) is 2.47. The Labute approximate surface area is 130 Å². The zero-order valence-electron chi connectivity index (χ0n) is 12.7. The summed E-state index contributed by atoms with van der Waals surface area (Å²) < 4.78 is 5.23. The van der Waals surface area contributed by atoms with Gasteiger partial charge in [-0.15, -0.1) is 0 Å². The van der Waals surface area contributed by atoms with Crippen molar-refractivity contribution in [3.8, 4) is 0 Å². The third-order valence-electron chi connectivity index (χ3n) is 3.53. The SMILES string of the molecule is COCc1cc(N2CCNCC2)nc(Nc2ccccc2)n1. The topological polar surface area (TPSA) is 62.3 Å². The van der Waals surface area contributed by atoms with E-state index in [0.717, 1.165) is 43.4 Å². The summed E-state index contributed by atoms with van der Waals surface area (Å²) in [5.74, 6) is 1.55. The van der Waals surface area contributed by atoms with E-state index in [-0.39, 0.29) is 0 Å². The smallest absolute Gasteiger partial charge is 0.229 e. The molecule has 3 rings (SSSR count). The van der Waals surface area contributed by atoms with Crippen LogP contribution in [0.25, 0.3) is 0 Å². The Kier molecular flexibility index (Phi) is 4.82. The van der Waals surface area contributed by atoms with E-state index in [1.165, 1.54) is 0 Å². The van der Waals surface area contributed by atoms with Crippen LogP contribution < -0.4 is 15.5 Å². The predicted molar refractivity (Wildman–Crippen MR) is 87.6 cm³/mol. The standard InChI is InChI=1S/C16H21N5O/c1-22-12-14-11-15(21-9-7-17-8-10-21)20-16(19-14)18-13-5-3-2-4-6-13/h2-6,11,17H,7-10,12H2,1H3,(H,18,19,20). The first-order chi connectivity index (χ1) is 10.8. The fourth-order valence-electron chi connectivity index (χ4n) is 2.47. The van der Waals surface area contributed by atoms with Gasteiger partial charge in [0.2, 0.25) is 5.95 Å². The minimum absolute atomic E-state index is 0.477. The highest BCUT2D eigenvalue weighted by Crippen LogP contribution is 2.19. The summed E-state index contributed by atoms with van der Waals surface area (Å²) in [7, 11) is 1.68. The van der Waals surface area contributed by atoms with Crippen molar-refractivity contribution in [3.63, 3.8) is 0 Å². The molecule has 1 aliphatic rings. The van der Waals surface area contributed by atoms with Gasteiger partial charge in [0.25, 0.3) is 0 Å². The van der Waals surface area contributed by atoms with Crippen LogP contribution in [0.15, 0.2) is 36.4 Å². The summed E-state index contributed by atoms with van der Waals surface area (Å²) >= 11 is 0. The lowest BCUT2D eigenvalue weighted by atomic mass is 10.3. The molecule has 0 unspecified atom stereocenters. The molecule has 6 nitrogen and oxygen atoms in total. The maximum atomic E-state index is 5.23. The molecule has 0 atom stereocenters. The van der Waals surface area contributed by atoms with Crippen LogP contribution in [0.3, 0.4) is 0 Å². The van der Waals surface area contributed by atoms with Crippen molar-refractivity contribution in [2.24, 2.45) is 0 Å². The molecule has 2 aromatic rings. The molecule has 0 bridgehead atoms. The van der Waals surface area contributed by atoms with Crippen LogP contribution in [0.4, 0.5) is 17.5 Å². The van der Waals surface area contributed by atoms with Gasteiger partial charge in [-0.05, 0) is 12.1 Å². The maximum Gasteiger partial charge on any atom is 0.229 e. The first-order valence-corrected chi connectivity index (χ1v) is 7.50. The van der Waals surface area contributed by atoms with Crippen LogP contribution in [0.5, 0.6) is 0 Å². The quantitative estimate of drug-likeness (QED) is 0.877. The van der Waals surface area contributed by atoms with Crippen molar-refractivity contribution in [1.82, 2.24) is 15.3 Å². The molecule has 2 heterocycles. The molecule has 1 saturated heterocycles. The molecule has 1 aromatic carbocycles. The molecule has 0 aliphatic carbocycles. The van der Waals surface area contributed by atoms with Crippen LogP contribution in [-0.2, 0) is 11.3 Å². The van der Waals surface area contributed by atoms with Crippen molar-refractivity contribution in [2.45, 2.75) is 6.61 Å². The van der Waals surface area contributed by atoms with E-state index in [9.17, 15) is 0 Å². The van der Waals surface area contributed by atoms with Gasteiger partial charge in [0, 0.05) is 45.0 Å². The molecule has 0 saturated carbocycles. The number of aromatic nitrogens is 2. The Morgan fingerprint density at radius 2 is 1.95 bits per heavy atom. The number of para-hydroxylation sites is 1. The van der Waals surface area contributed by atoms with Crippen LogP contribution in [0.2, 0.25) is 0 Å². The normalized spacial score (nSPS) is 14.9. The average molecular weight is 299 g/mol. The van der Waals surface area contributed by atoms with Gasteiger partial charge in [0.1, 0.15) is 5.82 Å². The molecule has 116 valence electrons. The van der Waals surface area contributed by atoms with Gasteiger partial charge < -0.3 is 20.3 Å². The average Bonchev–Trinajstić information content (AvgIpc) is 2.57. The number of methoxy groups -OCH3 is 1. The minimum Gasteiger partial charge on any atom is -0.378 e. The first kappa shape index (κ1) is 14.7. The summed E-state index contributed by atoms with van der Waals surface area (Å²) in [6.45, 7) is 4.34. The van der Waals surface area contributed by atoms with E-state index >= 15 is 0 Å². The highest BCUT2D eigenvalue weighted by Gasteiger charge is 2.14. The highest BCUT2D eigenvalue weighted by atomic mass is 16.5. The van der Waals surface area contributed by atoms with Crippen molar-refractivity contribution in [2.75, 3.05) is 43.5 Å². The van der Waals surface area contributed by atoms with Crippen LogP contribution in [0.1, 0.15) is 5.69 Å². The van der Waals surface area contributed by atoms with E-state index in [1.54, 1.807) is 7.11 Å². The molecule has 0 radical (unpaired) electrons. The third kappa shape index (κ3) is 3.72. The number of hydrogen-bond donors (Lipinski definition) is 2. The molecule has 1 aliphatic heterocycles. The van der Waals surface area contributed by atoms with Gasteiger partial charge in [-0.2, -0.15) is 4.98 Å². The molecule has 1 fully saturated rings. The third-order valence-corrected chi connectivity index (χ3v) is 3.53. The Morgan fingerprint density at radius 3 is 2.68 bits per heavy atom. The molecule has 6 heteroatoms. The summed E-state index contributed by atoms with van der Waals surface area (Å²) in [5.41, 5.74) is 1.85. The Hall–Kier alpha value is -2.18. The summed E-state index contributed by atoms with van der Waals surface area (Å²) in [5, 5.41) is 6.62. The van der Waals surface area contributed by atoms with Gasteiger partial charge in [-0.1, -0.05) is 18.2 Å². The second-order valence-corrected chi connectivity index (χ2v) is 5.20. The number of rotatable bonds is 5. The molecule has 22 heavy (non-hydrogen) atoms. The second-order valence-electron chi connectivity index (χ2n) is 5.20. The van der Waals surface area contributed by atoms with Crippen LogP contribution in [0, 0.1) is 0 Å². The van der Waals surface area contributed by atoms with E-state index in [2.05, 4.69) is 25.5 Å². The van der Waals surface area contributed by atoms with Crippen molar-refractivity contribution in [3.05, 3.63) is 42.1 Å². The first-order valence-electron chi connectivity index (χ1n) is 7.50. The van der Waals surface area contributed by atoms with E-state index in [4.69, 9.17) is 4.74 Å². The number of nitrogens with zero attached hydrogens (tertiary/aromatic N) is 3. The van der Waals surface area contributed by atoms with Gasteiger partial charge in [-0.3, -0.25) is 0 Å². The zero-order valence-corrected chi connectivity index (χ0v) is 12.7. The Balaban J connectivity index is 1.86. The fraction of sp³-hybridized carbons (Fsp3) is 0.375. The van der Waals surface area contributed by atoms with Gasteiger partial charge in [-0.25, -0.2) is 4.98 Å². The lowest BCUT2D eigenvalue weighted by molar-refractivity contribution is 0.181. The number of nitrogens with one attached hydrogen (secondary N) is 2. The van der Waals surface area contributed by atoms with Crippen molar-refractivity contribution >= 4 is 17.5 Å². The van der Waals surface area contributed by atoms with E-state index in [1.807, 2.05) is 36.4 Å². The van der Waals surface area contributed by atoms with E-state index < -0.39 is 0 Å². The van der Waals surface area contributed by atoms with Crippen molar-refractivity contribution in [1.29, 1.82) is 0 Å². The second kappa shape index (κ2) is 7.20. The molecule has 1 aromatic heterocycles. The van der Waals surface area contributed by atoms with Crippen molar-refractivity contribution < 1.29 is 4.74 Å². The lowest BCUT2D eigenvalue weighted by Crippen LogP contribution is -2.44. The van der Waals surface area contributed by atoms with Gasteiger partial charge >= 0.3 is 0 Å². The summed E-state index contributed by atoms with van der Waals surface area (Å²) in [6, 6.07) is 12.0. The van der Waals surface area contributed by atoms with Gasteiger partial charge in [0.05, 0.1) is 12.3 Å². The van der Waals surface area contributed by atoms with Crippen LogP contribution >= 0.6 is 0 Å². The largest absolute Gasteiger partial charge is 0.378 e. The Morgan fingerprint density at radius 1 is 1.18 bits per heavy atom. The maximum absolute atomic E-state index is 5.23. The number of anilines is 3. The number of piperazine rings is 1. The summed E-state index contributed by atoms with van der Waals surface area (Å²) in [6.07, 6.45) is 0. The number of hydrogen-bond acceptors (Lipinski definition) is 6. The number of ether oxygens (including phenoxy) is 1. The molecule has 2 N–H and O–H groups in total. The lowest BCUT2D eigenvalue weighted by Gasteiger charge is -2.28. The van der Waals surface area contributed by atoms with Crippen LogP contribution in [-0.4, -0.2) is 43.3 Å². The molecule has 0 spiro atoms. The minimum atomic E-state index is 0.477. The predicted octanol–water partition coefficient (Wildman–Crippen LogP) is 1.78. The van der Waals surface area contributed by atoms with E-state index in [0.29, 0.717) is 12.6 Å². The zero-order chi connectivity index (χ0) is 15.2. The Bertz CT molecular complexity index is 599. The number of benzene rings is 1. The molecular formula is C16H21N5O. The molecular weight excluding hydrogens is 278 g/mol. The monoisotopic (exact) mass is 299 g/mol. The highest BCUT2D eigenvalue weighted by molar-refractivity contribution is 5.55. The molecule has 0 amide bonds. The van der Waals surface area contributed by atoms with Gasteiger partial charge in [0.15, 0.2) is 0 Å².